The molecule has 0 aliphatic carbocycles. The van der Waals surface area contributed by atoms with Crippen LogP contribution in [0.4, 0.5) is 10.5 Å². The molecule has 1 aromatic carbocycles. The highest BCUT2D eigenvalue weighted by Crippen LogP contribution is 2.20. The molecule has 6 nitrogen and oxygen atoms in total. The van der Waals surface area contributed by atoms with Gasteiger partial charge < -0.3 is 15.0 Å². The van der Waals surface area contributed by atoms with Crippen LogP contribution in [0.5, 0.6) is 5.88 Å². The van der Waals surface area contributed by atoms with Crippen LogP contribution in [-0.4, -0.2) is 40.6 Å². The summed E-state index contributed by atoms with van der Waals surface area (Å²) in [5, 5.41) is 3.22. The van der Waals surface area contributed by atoms with Crippen molar-refractivity contribution in [3.63, 3.8) is 0 Å². The van der Waals surface area contributed by atoms with Crippen LogP contribution in [0.2, 0.25) is 5.15 Å². The van der Waals surface area contributed by atoms with E-state index in [1.807, 2.05) is 31.2 Å². The maximum absolute atomic E-state index is 12.1. The number of benzene rings is 1. The highest BCUT2D eigenvalue weighted by molar-refractivity contribution is 6.29. The predicted octanol–water partition coefficient (Wildman–Crippen LogP) is 2.98. The molecule has 1 aliphatic rings. The number of hydrogen-bond acceptors (Lipinski definition) is 4. The SMILES string of the molecule is Cc1ccccc1NC(=O)N1CC(COc2cncc(Cl)n2)C1. The van der Waals surface area contributed by atoms with Gasteiger partial charge in [-0.1, -0.05) is 29.8 Å². The Balaban J connectivity index is 1.44. The lowest BCUT2D eigenvalue weighted by Gasteiger charge is -2.38. The third kappa shape index (κ3) is 3.90. The van der Waals surface area contributed by atoms with Gasteiger partial charge in [0.05, 0.1) is 19.0 Å². The van der Waals surface area contributed by atoms with E-state index in [1.165, 1.54) is 12.4 Å². The number of carbonyl (C=O) groups excluding carboxylic acids is 1. The molecular weight excluding hydrogens is 316 g/mol. The first-order valence-electron chi connectivity index (χ1n) is 7.34. The lowest BCUT2D eigenvalue weighted by atomic mass is 10.0. The zero-order valence-electron chi connectivity index (χ0n) is 12.7. The Morgan fingerprint density at radius 2 is 2.17 bits per heavy atom. The number of para-hydroxylation sites is 1. The Kier molecular flexibility index (Phi) is 4.62. The number of aryl methyl sites for hydroxylation is 1. The summed E-state index contributed by atoms with van der Waals surface area (Å²) in [6.07, 6.45) is 2.97. The number of carbonyl (C=O) groups is 1. The molecule has 3 rings (SSSR count). The Bertz CT molecular complexity index is 704. The molecular formula is C16H17ClN4O2. The van der Waals surface area contributed by atoms with Gasteiger partial charge in [0, 0.05) is 24.7 Å². The number of hydrogen-bond donors (Lipinski definition) is 1. The molecule has 1 aromatic heterocycles. The first-order valence-corrected chi connectivity index (χ1v) is 7.71. The molecule has 7 heteroatoms. The van der Waals surface area contributed by atoms with E-state index in [9.17, 15) is 4.79 Å². The Morgan fingerprint density at radius 3 is 2.91 bits per heavy atom. The second kappa shape index (κ2) is 6.83. The molecule has 0 radical (unpaired) electrons. The summed E-state index contributed by atoms with van der Waals surface area (Å²) < 4.78 is 5.54. The summed E-state index contributed by atoms with van der Waals surface area (Å²) in [5.74, 6) is 0.693. The van der Waals surface area contributed by atoms with Gasteiger partial charge in [-0.2, -0.15) is 4.98 Å². The van der Waals surface area contributed by atoms with Crippen molar-refractivity contribution in [1.82, 2.24) is 14.9 Å². The monoisotopic (exact) mass is 332 g/mol. The van der Waals surface area contributed by atoms with Crippen LogP contribution < -0.4 is 10.1 Å². The number of rotatable bonds is 4. The molecule has 23 heavy (non-hydrogen) atoms. The van der Waals surface area contributed by atoms with Gasteiger partial charge in [-0.05, 0) is 18.6 Å². The van der Waals surface area contributed by atoms with Crippen molar-refractivity contribution in [1.29, 1.82) is 0 Å². The fourth-order valence-electron chi connectivity index (χ4n) is 2.35. The van der Waals surface area contributed by atoms with Crippen molar-refractivity contribution >= 4 is 23.3 Å². The number of aromatic nitrogens is 2. The van der Waals surface area contributed by atoms with Crippen LogP contribution in [0.3, 0.4) is 0 Å². The smallest absolute Gasteiger partial charge is 0.321 e. The maximum Gasteiger partial charge on any atom is 0.321 e. The Labute approximate surface area is 139 Å². The molecule has 0 atom stereocenters. The quantitative estimate of drug-likeness (QED) is 0.934. The number of urea groups is 1. The number of halogens is 1. The molecule has 0 spiro atoms. The van der Waals surface area contributed by atoms with Crippen LogP contribution in [0.1, 0.15) is 5.56 Å². The number of nitrogens with one attached hydrogen (secondary N) is 1. The number of likely N-dealkylation sites (tertiary alicyclic amines) is 1. The molecule has 0 unspecified atom stereocenters. The zero-order chi connectivity index (χ0) is 16.2. The normalized spacial score (nSPS) is 14.3. The number of anilines is 1. The number of ether oxygens (including phenoxy) is 1. The maximum atomic E-state index is 12.1. The van der Waals surface area contributed by atoms with Crippen LogP contribution in [0.15, 0.2) is 36.7 Å². The van der Waals surface area contributed by atoms with E-state index in [1.54, 1.807) is 4.90 Å². The van der Waals surface area contributed by atoms with Crippen molar-refractivity contribution < 1.29 is 9.53 Å². The molecule has 2 amide bonds. The predicted molar refractivity (Wildman–Crippen MR) is 87.8 cm³/mol. The van der Waals surface area contributed by atoms with Gasteiger partial charge in [-0.15, -0.1) is 0 Å². The molecule has 120 valence electrons. The summed E-state index contributed by atoms with van der Waals surface area (Å²) in [5.41, 5.74) is 1.88. The van der Waals surface area contributed by atoms with Gasteiger partial charge in [0.15, 0.2) is 5.15 Å². The topological polar surface area (TPSA) is 67.4 Å². The number of amides is 2. The third-order valence-corrected chi connectivity index (χ3v) is 3.86. The van der Waals surface area contributed by atoms with Crippen LogP contribution in [-0.2, 0) is 0 Å². The highest BCUT2D eigenvalue weighted by atomic mass is 35.5. The minimum Gasteiger partial charge on any atom is -0.476 e. The van der Waals surface area contributed by atoms with Crippen molar-refractivity contribution in [3.05, 3.63) is 47.4 Å². The van der Waals surface area contributed by atoms with E-state index in [-0.39, 0.29) is 6.03 Å². The molecule has 0 saturated carbocycles. The van der Waals surface area contributed by atoms with Crippen molar-refractivity contribution in [2.75, 3.05) is 25.0 Å². The summed E-state index contributed by atoms with van der Waals surface area (Å²) in [4.78, 5) is 21.8. The fourth-order valence-corrected chi connectivity index (χ4v) is 2.49. The van der Waals surface area contributed by atoms with Crippen molar-refractivity contribution in [3.8, 4) is 5.88 Å². The summed E-state index contributed by atoms with van der Waals surface area (Å²) in [7, 11) is 0. The summed E-state index contributed by atoms with van der Waals surface area (Å²) in [6.45, 7) is 3.77. The van der Waals surface area contributed by atoms with Gasteiger partial charge in [-0.25, -0.2) is 4.79 Å². The van der Waals surface area contributed by atoms with Gasteiger partial charge >= 0.3 is 6.03 Å². The summed E-state index contributed by atoms with van der Waals surface area (Å²) in [6, 6.07) is 7.63. The standard InChI is InChI=1S/C16H17ClN4O2/c1-11-4-2-3-5-13(11)19-16(22)21-8-12(9-21)10-23-15-7-18-6-14(17)20-15/h2-7,12H,8-10H2,1H3,(H,19,22). The van der Waals surface area contributed by atoms with Crippen LogP contribution >= 0.6 is 11.6 Å². The second-order valence-electron chi connectivity index (χ2n) is 5.51. The van der Waals surface area contributed by atoms with Crippen LogP contribution in [0, 0.1) is 12.8 Å². The van der Waals surface area contributed by atoms with Gasteiger partial charge in [0.1, 0.15) is 0 Å². The lowest BCUT2D eigenvalue weighted by molar-refractivity contribution is 0.0906. The number of nitrogens with zero attached hydrogens (tertiary/aromatic N) is 3. The highest BCUT2D eigenvalue weighted by Gasteiger charge is 2.31. The molecule has 0 bridgehead atoms. The first kappa shape index (κ1) is 15.6. The first-order chi connectivity index (χ1) is 11.1. The van der Waals surface area contributed by atoms with E-state index in [4.69, 9.17) is 16.3 Å². The lowest BCUT2D eigenvalue weighted by Crippen LogP contribution is -2.53. The van der Waals surface area contributed by atoms with Gasteiger partial charge in [-0.3, -0.25) is 4.98 Å². The van der Waals surface area contributed by atoms with E-state index >= 15 is 0 Å². The second-order valence-corrected chi connectivity index (χ2v) is 5.89. The molecule has 1 saturated heterocycles. The Morgan fingerprint density at radius 1 is 1.39 bits per heavy atom. The largest absolute Gasteiger partial charge is 0.476 e. The zero-order valence-corrected chi connectivity index (χ0v) is 13.5. The molecule has 1 fully saturated rings. The minimum atomic E-state index is -0.0851. The van der Waals surface area contributed by atoms with E-state index in [0.717, 1.165) is 11.3 Å². The van der Waals surface area contributed by atoms with E-state index in [0.29, 0.717) is 36.6 Å². The van der Waals surface area contributed by atoms with Crippen molar-refractivity contribution in [2.24, 2.45) is 5.92 Å². The molecule has 1 aliphatic heterocycles. The molecule has 1 N–H and O–H groups in total. The molecule has 2 aromatic rings. The Hall–Kier alpha value is -2.34. The van der Waals surface area contributed by atoms with Crippen molar-refractivity contribution in [2.45, 2.75) is 6.92 Å². The van der Waals surface area contributed by atoms with Crippen LogP contribution in [0.25, 0.3) is 0 Å². The average molecular weight is 333 g/mol. The average Bonchev–Trinajstić information content (AvgIpc) is 2.48. The van der Waals surface area contributed by atoms with E-state index in [2.05, 4.69) is 15.3 Å². The van der Waals surface area contributed by atoms with E-state index < -0.39 is 0 Å². The fraction of sp³-hybridized carbons (Fsp3) is 0.312. The minimum absolute atomic E-state index is 0.0851. The van der Waals surface area contributed by atoms with Gasteiger partial charge in [0.25, 0.3) is 0 Å². The summed E-state index contributed by atoms with van der Waals surface area (Å²) >= 11 is 5.75. The third-order valence-electron chi connectivity index (χ3n) is 3.68. The van der Waals surface area contributed by atoms with Gasteiger partial charge in [0.2, 0.25) is 5.88 Å². The molecule has 2 heterocycles.